The summed E-state index contributed by atoms with van der Waals surface area (Å²) < 4.78 is 5.30. The molecule has 0 spiro atoms. The number of aliphatic hydroxyl groups excluding tert-OH is 1. The molecule has 1 amide bonds. The summed E-state index contributed by atoms with van der Waals surface area (Å²) in [5.41, 5.74) is 0. The van der Waals surface area contributed by atoms with Gasteiger partial charge in [0.05, 0.1) is 6.26 Å². The van der Waals surface area contributed by atoms with E-state index in [1.165, 1.54) is 0 Å². The topological polar surface area (TPSA) is 62.5 Å². The van der Waals surface area contributed by atoms with Crippen molar-refractivity contribution in [2.75, 3.05) is 6.61 Å². The molecule has 1 aliphatic carbocycles. The lowest BCUT2D eigenvalue weighted by atomic mass is 10.1. The Morgan fingerprint density at radius 2 is 2.53 bits per heavy atom. The van der Waals surface area contributed by atoms with Gasteiger partial charge in [-0.05, 0) is 31.4 Å². The van der Waals surface area contributed by atoms with Crippen LogP contribution in [0, 0.1) is 5.92 Å². The minimum atomic E-state index is 0.0499. The van der Waals surface area contributed by atoms with Crippen molar-refractivity contribution in [2.24, 2.45) is 5.92 Å². The second-order valence-corrected chi connectivity index (χ2v) is 4.59. The normalized spacial score (nSPS) is 24.4. The number of carbonyl (C=O) groups excluding carboxylic acids is 1. The Balaban J connectivity index is 1.82. The molecule has 1 aromatic rings. The number of nitrogens with one attached hydrogen (secondary N) is 1. The molecular formula is C13H19NO3. The third kappa shape index (κ3) is 2.88. The molecule has 2 rings (SSSR count). The van der Waals surface area contributed by atoms with Crippen LogP contribution in [0.1, 0.15) is 37.9 Å². The highest BCUT2D eigenvalue weighted by Gasteiger charge is 2.46. The molecule has 0 aromatic carbocycles. The molecule has 94 valence electrons. The fourth-order valence-corrected chi connectivity index (χ4v) is 2.14. The summed E-state index contributed by atoms with van der Waals surface area (Å²) in [7, 11) is 0. The van der Waals surface area contributed by atoms with Gasteiger partial charge in [0.2, 0.25) is 5.91 Å². The van der Waals surface area contributed by atoms with Crippen LogP contribution >= 0.6 is 0 Å². The van der Waals surface area contributed by atoms with E-state index in [1.54, 1.807) is 6.26 Å². The van der Waals surface area contributed by atoms with E-state index < -0.39 is 0 Å². The van der Waals surface area contributed by atoms with Crippen molar-refractivity contribution in [1.29, 1.82) is 0 Å². The van der Waals surface area contributed by atoms with Gasteiger partial charge in [0.25, 0.3) is 0 Å². The van der Waals surface area contributed by atoms with E-state index in [0.29, 0.717) is 6.42 Å². The molecule has 2 N–H and O–H groups in total. The number of carbonyl (C=O) groups is 1. The van der Waals surface area contributed by atoms with Gasteiger partial charge in [-0.3, -0.25) is 4.79 Å². The first-order valence-corrected chi connectivity index (χ1v) is 6.20. The molecule has 1 aromatic heterocycles. The van der Waals surface area contributed by atoms with E-state index in [0.717, 1.165) is 18.6 Å². The summed E-state index contributed by atoms with van der Waals surface area (Å²) in [4.78, 5) is 11.9. The van der Waals surface area contributed by atoms with Crippen LogP contribution in [-0.4, -0.2) is 23.7 Å². The van der Waals surface area contributed by atoms with Gasteiger partial charge in [0.15, 0.2) is 0 Å². The summed E-state index contributed by atoms with van der Waals surface area (Å²) in [6.45, 7) is 2.13. The molecule has 3 unspecified atom stereocenters. The van der Waals surface area contributed by atoms with Crippen LogP contribution in [0.2, 0.25) is 0 Å². The Hall–Kier alpha value is -1.29. The molecule has 1 fully saturated rings. The maximum Gasteiger partial charge on any atom is 0.224 e. The van der Waals surface area contributed by atoms with E-state index in [4.69, 9.17) is 9.52 Å². The standard InChI is InChI=1S/C13H19NO3/c1-2-9(5-6-15)14-13(16)11-8-10(11)12-4-3-7-17-12/h3-4,7,9-11,15H,2,5-6,8H2,1H3,(H,14,16). The van der Waals surface area contributed by atoms with Crippen molar-refractivity contribution in [3.63, 3.8) is 0 Å². The fourth-order valence-electron chi connectivity index (χ4n) is 2.14. The highest BCUT2D eigenvalue weighted by molar-refractivity contribution is 5.82. The molecule has 3 atom stereocenters. The zero-order valence-electron chi connectivity index (χ0n) is 10.1. The van der Waals surface area contributed by atoms with E-state index in [-0.39, 0.29) is 30.4 Å². The minimum absolute atomic E-state index is 0.0499. The first-order valence-electron chi connectivity index (χ1n) is 6.20. The van der Waals surface area contributed by atoms with Crippen LogP contribution in [0.25, 0.3) is 0 Å². The fraction of sp³-hybridized carbons (Fsp3) is 0.615. The third-order valence-electron chi connectivity index (χ3n) is 3.35. The molecule has 0 aliphatic heterocycles. The van der Waals surface area contributed by atoms with Crippen LogP contribution < -0.4 is 5.32 Å². The Morgan fingerprint density at radius 3 is 3.12 bits per heavy atom. The minimum Gasteiger partial charge on any atom is -0.469 e. The number of hydrogen-bond donors (Lipinski definition) is 2. The average Bonchev–Trinajstić information content (AvgIpc) is 2.95. The maximum atomic E-state index is 11.9. The predicted molar refractivity (Wildman–Crippen MR) is 63.5 cm³/mol. The first kappa shape index (κ1) is 12.2. The highest BCUT2D eigenvalue weighted by Crippen LogP contribution is 2.47. The molecule has 1 aliphatic rings. The molecule has 0 radical (unpaired) electrons. The van der Waals surface area contributed by atoms with Gasteiger partial charge in [-0.1, -0.05) is 6.92 Å². The monoisotopic (exact) mass is 237 g/mol. The summed E-state index contributed by atoms with van der Waals surface area (Å²) in [5, 5.41) is 11.9. The van der Waals surface area contributed by atoms with Gasteiger partial charge in [-0.25, -0.2) is 0 Å². The molecule has 1 heterocycles. The number of aliphatic hydroxyl groups is 1. The van der Waals surface area contributed by atoms with E-state index in [9.17, 15) is 4.79 Å². The number of furan rings is 1. The van der Waals surface area contributed by atoms with Crippen molar-refractivity contribution >= 4 is 5.91 Å². The second-order valence-electron chi connectivity index (χ2n) is 4.59. The van der Waals surface area contributed by atoms with Gasteiger partial charge in [-0.2, -0.15) is 0 Å². The lowest BCUT2D eigenvalue weighted by molar-refractivity contribution is -0.123. The zero-order chi connectivity index (χ0) is 12.3. The van der Waals surface area contributed by atoms with Crippen LogP contribution in [0.5, 0.6) is 0 Å². The largest absolute Gasteiger partial charge is 0.469 e. The van der Waals surface area contributed by atoms with Crippen molar-refractivity contribution in [1.82, 2.24) is 5.32 Å². The summed E-state index contributed by atoms with van der Waals surface area (Å²) in [6.07, 6.45) is 3.99. The average molecular weight is 237 g/mol. The summed E-state index contributed by atoms with van der Waals surface area (Å²) in [5.74, 6) is 1.29. The first-order chi connectivity index (χ1) is 8.26. The summed E-state index contributed by atoms with van der Waals surface area (Å²) >= 11 is 0. The lowest BCUT2D eigenvalue weighted by Gasteiger charge is -2.15. The van der Waals surface area contributed by atoms with E-state index in [2.05, 4.69) is 5.32 Å². The quantitative estimate of drug-likeness (QED) is 0.791. The molecule has 17 heavy (non-hydrogen) atoms. The lowest BCUT2D eigenvalue weighted by Crippen LogP contribution is -2.36. The van der Waals surface area contributed by atoms with Crippen molar-refractivity contribution < 1.29 is 14.3 Å². The van der Waals surface area contributed by atoms with E-state index >= 15 is 0 Å². The van der Waals surface area contributed by atoms with Crippen LogP contribution in [0.15, 0.2) is 22.8 Å². The third-order valence-corrected chi connectivity index (χ3v) is 3.35. The van der Waals surface area contributed by atoms with Gasteiger partial charge < -0.3 is 14.8 Å². The van der Waals surface area contributed by atoms with Crippen molar-refractivity contribution in [3.05, 3.63) is 24.2 Å². The Morgan fingerprint density at radius 1 is 1.71 bits per heavy atom. The molecule has 1 saturated carbocycles. The van der Waals surface area contributed by atoms with Crippen molar-refractivity contribution in [2.45, 2.75) is 38.1 Å². The Bertz CT molecular complexity index is 361. The molecule has 0 bridgehead atoms. The molecule has 4 heteroatoms. The van der Waals surface area contributed by atoms with Gasteiger partial charge in [-0.15, -0.1) is 0 Å². The number of rotatable bonds is 6. The highest BCUT2D eigenvalue weighted by atomic mass is 16.3. The Kier molecular flexibility index (Phi) is 3.84. The maximum absolute atomic E-state index is 11.9. The number of hydrogen-bond acceptors (Lipinski definition) is 3. The smallest absolute Gasteiger partial charge is 0.224 e. The predicted octanol–water partition coefficient (Wildman–Crippen LogP) is 1.66. The van der Waals surface area contributed by atoms with E-state index in [1.807, 2.05) is 19.1 Å². The molecule has 4 nitrogen and oxygen atoms in total. The molecular weight excluding hydrogens is 218 g/mol. The van der Waals surface area contributed by atoms with Gasteiger partial charge >= 0.3 is 0 Å². The van der Waals surface area contributed by atoms with Gasteiger partial charge in [0.1, 0.15) is 5.76 Å². The van der Waals surface area contributed by atoms with Crippen LogP contribution in [-0.2, 0) is 4.79 Å². The number of amides is 1. The summed E-state index contributed by atoms with van der Waals surface area (Å²) in [6, 6.07) is 3.86. The van der Waals surface area contributed by atoms with Crippen LogP contribution in [0.3, 0.4) is 0 Å². The van der Waals surface area contributed by atoms with Gasteiger partial charge in [0, 0.05) is 24.5 Å². The Labute approximate surface area is 101 Å². The molecule has 0 saturated heterocycles. The zero-order valence-corrected chi connectivity index (χ0v) is 10.1. The van der Waals surface area contributed by atoms with Crippen LogP contribution in [0.4, 0.5) is 0 Å². The SMILES string of the molecule is CCC(CCO)NC(=O)C1CC1c1ccco1. The van der Waals surface area contributed by atoms with Crippen molar-refractivity contribution in [3.8, 4) is 0 Å². The second kappa shape index (κ2) is 5.36.